The van der Waals surface area contributed by atoms with Crippen LogP contribution in [-0.2, 0) is 20.7 Å². The first-order chi connectivity index (χ1) is 15.8. The van der Waals surface area contributed by atoms with Gasteiger partial charge < -0.3 is 10.1 Å². The van der Waals surface area contributed by atoms with Crippen LogP contribution < -0.4 is 5.32 Å². The van der Waals surface area contributed by atoms with Gasteiger partial charge in [-0.25, -0.2) is 0 Å². The van der Waals surface area contributed by atoms with Crippen molar-refractivity contribution in [2.75, 3.05) is 6.61 Å². The lowest BCUT2D eigenvalue weighted by Crippen LogP contribution is -2.64. The van der Waals surface area contributed by atoms with Crippen molar-refractivity contribution in [2.24, 2.45) is 17.3 Å². The van der Waals surface area contributed by atoms with Crippen LogP contribution in [0, 0.1) is 17.3 Å². The van der Waals surface area contributed by atoms with Crippen molar-refractivity contribution in [1.29, 1.82) is 0 Å². The van der Waals surface area contributed by atoms with Gasteiger partial charge in [0.15, 0.2) is 12.4 Å². The normalized spacial score (nSPS) is 30.5. The fourth-order valence-corrected chi connectivity index (χ4v) is 7.69. The molecule has 7 rings (SSSR count). The van der Waals surface area contributed by atoms with Crippen molar-refractivity contribution < 1.29 is 19.1 Å². The maximum Gasteiger partial charge on any atom is 0.312 e. The van der Waals surface area contributed by atoms with Crippen LogP contribution in [0.15, 0.2) is 42.5 Å². The molecule has 4 saturated carbocycles. The lowest BCUT2D eigenvalue weighted by Gasteiger charge is -2.60. The number of ether oxygens (including phenoxy) is 1. The van der Waals surface area contributed by atoms with Crippen LogP contribution in [0.3, 0.4) is 0 Å². The number of nitrogens with one attached hydrogen (secondary N) is 1. The van der Waals surface area contributed by atoms with E-state index in [9.17, 15) is 14.4 Å². The maximum absolute atomic E-state index is 13.3. The van der Waals surface area contributed by atoms with Gasteiger partial charge in [0, 0.05) is 18.0 Å². The fraction of sp³-hybridized carbons (Fsp3) is 0.464. The molecule has 33 heavy (non-hydrogen) atoms. The standard InChI is InChI=1S/C28H29NO4/c1-17(30)29-28-13-18-8-19(14-28)12-27(11-18,16-28)26(32)33-15-25(31)22-7-6-21-9-20-4-2-3-5-23(20)24(21)10-22/h2-7,10,18-19H,8-9,11-16H2,1H3,(H,29,30). The van der Waals surface area contributed by atoms with Gasteiger partial charge >= 0.3 is 5.97 Å². The predicted octanol–water partition coefficient (Wildman–Crippen LogP) is 4.46. The molecule has 0 saturated heterocycles. The zero-order valence-electron chi connectivity index (χ0n) is 19.0. The minimum atomic E-state index is -0.566. The topological polar surface area (TPSA) is 72.5 Å². The SMILES string of the molecule is CC(=O)NC12CC3CC(C1)CC(C(=O)OCC(=O)c1ccc4c(c1)-c1ccccc1C4)(C3)C2. The van der Waals surface area contributed by atoms with E-state index in [1.807, 2.05) is 30.3 Å². The molecule has 0 spiro atoms. The van der Waals surface area contributed by atoms with Crippen LogP contribution in [-0.4, -0.2) is 29.8 Å². The van der Waals surface area contributed by atoms with Crippen LogP contribution in [0.1, 0.15) is 66.9 Å². The third kappa shape index (κ3) is 3.40. The van der Waals surface area contributed by atoms with Crippen LogP contribution in [0.5, 0.6) is 0 Å². The van der Waals surface area contributed by atoms with Crippen molar-refractivity contribution in [1.82, 2.24) is 5.32 Å². The second-order valence-corrected chi connectivity index (χ2v) is 10.9. The van der Waals surface area contributed by atoms with Crippen LogP contribution in [0.25, 0.3) is 11.1 Å². The number of carbonyl (C=O) groups is 3. The Kier molecular flexibility index (Phi) is 4.55. The van der Waals surface area contributed by atoms with Crippen molar-refractivity contribution in [2.45, 2.75) is 57.4 Å². The largest absolute Gasteiger partial charge is 0.457 e. The number of benzene rings is 2. The van der Waals surface area contributed by atoms with E-state index in [-0.39, 0.29) is 29.8 Å². The average molecular weight is 444 g/mol. The van der Waals surface area contributed by atoms with E-state index in [1.54, 1.807) is 6.92 Å². The summed E-state index contributed by atoms with van der Waals surface area (Å²) in [6.45, 7) is 1.32. The van der Waals surface area contributed by atoms with Gasteiger partial charge in [0.2, 0.25) is 5.91 Å². The zero-order chi connectivity index (χ0) is 22.8. The lowest BCUT2D eigenvalue weighted by atomic mass is 9.47. The van der Waals surface area contributed by atoms with Crippen LogP contribution >= 0.6 is 0 Å². The van der Waals surface area contributed by atoms with E-state index in [4.69, 9.17) is 4.74 Å². The van der Waals surface area contributed by atoms with E-state index in [2.05, 4.69) is 17.4 Å². The second-order valence-electron chi connectivity index (χ2n) is 10.9. The summed E-state index contributed by atoms with van der Waals surface area (Å²) in [6, 6.07) is 14.1. The molecule has 4 fully saturated rings. The second kappa shape index (κ2) is 7.28. The van der Waals surface area contributed by atoms with E-state index >= 15 is 0 Å². The van der Waals surface area contributed by atoms with Gasteiger partial charge in [-0.1, -0.05) is 36.4 Å². The number of hydrogen-bond donors (Lipinski definition) is 1. The van der Waals surface area contributed by atoms with E-state index in [1.165, 1.54) is 16.7 Å². The molecule has 2 aromatic carbocycles. The first-order valence-corrected chi connectivity index (χ1v) is 12.1. The van der Waals surface area contributed by atoms with Crippen molar-refractivity contribution >= 4 is 17.7 Å². The molecule has 2 unspecified atom stereocenters. The Morgan fingerprint density at radius 1 is 0.970 bits per heavy atom. The van der Waals surface area contributed by atoms with Crippen molar-refractivity contribution in [3.8, 4) is 11.1 Å². The number of rotatable bonds is 5. The van der Waals surface area contributed by atoms with Gasteiger partial charge in [0.1, 0.15) is 0 Å². The summed E-state index contributed by atoms with van der Waals surface area (Å²) in [5.74, 6) is 0.424. The molecule has 0 aromatic heterocycles. The predicted molar refractivity (Wildman–Crippen MR) is 124 cm³/mol. The number of amides is 1. The molecule has 170 valence electrons. The average Bonchev–Trinajstić information content (AvgIpc) is 3.13. The van der Waals surface area contributed by atoms with E-state index in [0.717, 1.165) is 44.1 Å². The van der Waals surface area contributed by atoms with E-state index in [0.29, 0.717) is 23.8 Å². The molecule has 5 aliphatic rings. The van der Waals surface area contributed by atoms with Gasteiger partial charge in [0.25, 0.3) is 0 Å². The molecule has 4 bridgehead atoms. The minimum absolute atomic E-state index is 0.0335. The molecule has 5 nitrogen and oxygen atoms in total. The quantitative estimate of drug-likeness (QED) is 0.467. The molecule has 2 atom stereocenters. The Balaban J connectivity index is 1.17. The first kappa shape index (κ1) is 20.6. The zero-order valence-corrected chi connectivity index (χ0v) is 19.0. The summed E-state index contributed by atoms with van der Waals surface area (Å²) in [5, 5.41) is 3.18. The van der Waals surface area contributed by atoms with Gasteiger partial charge in [-0.15, -0.1) is 0 Å². The summed E-state index contributed by atoms with van der Waals surface area (Å²) >= 11 is 0. The fourth-order valence-electron chi connectivity index (χ4n) is 7.69. The Bertz CT molecular complexity index is 1170. The highest BCUT2D eigenvalue weighted by atomic mass is 16.5. The highest BCUT2D eigenvalue weighted by molar-refractivity contribution is 6.00. The Morgan fingerprint density at radius 3 is 2.45 bits per heavy atom. The monoisotopic (exact) mass is 443 g/mol. The Morgan fingerprint density at radius 2 is 1.70 bits per heavy atom. The number of Topliss-reactive ketones (excluding diaryl/α,β-unsaturated/α-hetero) is 1. The summed E-state index contributed by atoms with van der Waals surface area (Å²) < 4.78 is 5.68. The van der Waals surface area contributed by atoms with Gasteiger partial charge in [-0.3, -0.25) is 14.4 Å². The minimum Gasteiger partial charge on any atom is -0.457 e. The molecule has 5 heteroatoms. The summed E-state index contributed by atoms with van der Waals surface area (Å²) in [6.07, 6.45) is 6.18. The lowest BCUT2D eigenvalue weighted by molar-refractivity contribution is -0.174. The highest BCUT2D eigenvalue weighted by Gasteiger charge is 2.61. The van der Waals surface area contributed by atoms with E-state index < -0.39 is 5.41 Å². The summed E-state index contributed by atoms with van der Waals surface area (Å²) in [4.78, 5) is 38.1. The molecule has 2 aromatic rings. The van der Waals surface area contributed by atoms with Gasteiger partial charge in [-0.2, -0.15) is 0 Å². The molecule has 0 heterocycles. The molecule has 5 aliphatic carbocycles. The van der Waals surface area contributed by atoms with Crippen molar-refractivity contribution in [3.63, 3.8) is 0 Å². The Labute approximate surface area is 193 Å². The number of hydrogen-bond acceptors (Lipinski definition) is 4. The molecular formula is C28H29NO4. The van der Waals surface area contributed by atoms with Crippen LogP contribution in [0.2, 0.25) is 0 Å². The van der Waals surface area contributed by atoms with Gasteiger partial charge in [0.05, 0.1) is 5.41 Å². The number of carbonyl (C=O) groups excluding carboxylic acids is 3. The molecule has 1 N–H and O–H groups in total. The third-order valence-corrected chi connectivity index (χ3v) is 8.39. The molecular weight excluding hydrogens is 414 g/mol. The maximum atomic E-state index is 13.3. The third-order valence-electron chi connectivity index (χ3n) is 8.39. The molecule has 1 amide bonds. The number of esters is 1. The number of ketones is 1. The first-order valence-electron chi connectivity index (χ1n) is 12.1. The van der Waals surface area contributed by atoms with Crippen molar-refractivity contribution in [3.05, 3.63) is 59.2 Å². The highest BCUT2D eigenvalue weighted by Crippen LogP contribution is 2.62. The van der Waals surface area contributed by atoms with Crippen LogP contribution in [0.4, 0.5) is 0 Å². The molecule has 0 radical (unpaired) electrons. The Hall–Kier alpha value is -2.95. The summed E-state index contributed by atoms with van der Waals surface area (Å²) in [5.41, 5.74) is 4.51. The molecule has 0 aliphatic heterocycles. The smallest absolute Gasteiger partial charge is 0.312 e. The summed E-state index contributed by atoms with van der Waals surface area (Å²) in [7, 11) is 0. The van der Waals surface area contributed by atoms with Gasteiger partial charge in [-0.05, 0) is 85.1 Å². The number of fused-ring (bicyclic) bond motifs is 3.